The summed E-state index contributed by atoms with van der Waals surface area (Å²) in [5.74, 6) is 0. The fourth-order valence-corrected chi connectivity index (χ4v) is 9.87. The topological polar surface area (TPSA) is 12.9 Å². The van der Waals surface area contributed by atoms with E-state index in [0.717, 1.165) is 16.8 Å². The van der Waals surface area contributed by atoms with Gasteiger partial charge in [0.2, 0.25) is 0 Å². The van der Waals surface area contributed by atoms with Crippen LogP contribution in [0.4, 0.5) is 0 Å². The van der Waals surface area contributed by atoms with Crippen molar-refractivity contribution < 1.29 is 0 Å². The summed E-state index contributed by atoms with van der Waals surface area (Å²) in [5.41, 5.74) is 7.01. The molecule has 0 aliphatic rings. The van der Waals surface area contributed by atoms with Gasteiger partial charge in [-0.15, -0.1) is 11.3 Å². The van der Waals surface area contributed by atoms with Gasteiger partial charge in [0, 0.05) is 37.5 Å². The fraction of sp³-hybridized carbons (Fsp3) is 0. The minimum atomic E-state index is 0.987. The Hall–Kier alpha value is -6.35. The quantitative estimate of drug-likeness (QED) is 0.172. The highest BCUT2D eigenvalue weighted by molar-refractivity contribution is 7.25. The van der Waals surface area contributed by atoms with E-state index < -0.39 is 0 Å². The molecule has 0 radical (unpaired) electrons. The van der Waals surface area contributed by atoms with Gasteiger partial charge in [-0.25, -0.2) is 0 Å². The largest absolute Gasteiger partial charge is 0.256 e. The minimum absolute atomic E-state index is 0.987. The van der Waals surface area contributed by atoms with Crippen LogP contribution in [0.5, 0.6) is 0 Å². The highest BCUT2D eigenvalue weighted by atomic mass is 32.1. The van der Waals surface area contributed by atoms with Crippen LogP contribution in [0, 0.1) is 0 Å². The summed E-state index contributed by atoms with van der Waals surface area (Å²) < 4.78 is 2.60. The van der Waals surface area contributed by atoms with Crippen LogP contribution in [0.25, 0.3) is 118 Å². The number of thiophene rings is 1. The van der Waals surface area contributed by atoms with Crippen LogP contribution in [0.1, 0.15) is 0 Å². The van der Waals surface area contributed by atoms with Gasteiger partial charge in [0.05, 0.1) is 5.69 Å². The Morgan fingerprint density at radius 2 is 0.784 bits per heavy atom. The van der Waals surface area contributed by atoms with E-state index in [4.69, 9.17) is 4.98 Å². The first kappa shape index (κ1) is 27.5. The Balaban J connectivity index is 0.964. The smallest absolute Gasteiger partial charge is 0.0702 e. The minimum Gasteiger partial charge on any atom is -0.256 e. The van der Waals surface area contributed by atoms with Crippen molar-refractivity contribution in [3.05, 3.63) is 164 Å². The summed E-state index contributed by atoms with van der Waals surface area (Å²) in [6, 6.07) is 58.6. The van der Waals surface area contributed by atoms with Gasteiger partial charge in [0.15, 0.2) is 0 Å². The summed E-state index contributed by atoms with van der Waals surface area (Å²) in [7, 11) is 0. The number of nitrogens with zero attached hydrogens (tertiary/aromatic N) is 1. The van der Waals surface area contributed by atoms with Crippen molar-refractivity contribution in [2.75, 3.05) is 0 Å². The fourth-order valence-electron chi connectivity index (χ4n) is 8.80. The maximum Gasteiger partial charge on any atom is 0.0702 e. The second-order valence-electron chi connectivity index (χ2n) is 13.9. The summed E-state index contributed by atoms with van der Waals surface area (Å²) in [6.07, 6.45) is 2.05. The number of hydrogen-bond acceptors (Lipinski definition) is 2. The van der Waals surface area contributed by atoms with Crippen LogP contribution in [-0.2, 0) is 0 Å². The molecule has 0 N–H and O–H groups in total. The van der Waals surface area contributed by atoms with Crippen molar-refractivity contribution in [3.63, 3.8) is 0 Å². The molecule has 234 valence electrons. The molecular formula is C49H27NS. The molecule has 12 aromatic rings. The van der Waals surface area contributed by atoms with E-state index >= 15 is 0 Å². The number of benzene rings is 10. The third-order valence-corrected chi connectivity index (χ3v) is 12.4. The van der Waals surface area contributed by atoms with Gasteiger partial charge in [-0.2, -0.15) is 0 Å². The molecule has 51 heavy (non-hydrogen) atoms. The molecule has 0 saturated heterocycles. The van der Waals surface area contributed by atoms with Crippen molar-refractivity contribution in [3.8, 4) is 33.5 Å². The third kappa shape index (κ3) is 3.88. The molecule has 0 fully saturated rings. The summed E-state index contributed by atoms with van der Waals surface area (Å²) in [6.45, 7) is 0. The van der Waals surface area contributed by atoms with Crippen LogP contribution < -0.4 is 0 Å². The van der Waals surface area contributed by atoms with Crippen LogP contribution in [-0.4, -0.2) is 4.98 Å². The molecule has 0 spiro atoms. The molecule has 0 aliphatic carbocycles. The van der Waals surface area contributed by atoms with Gasteiger partial charge in [0.1, 0.15) is 0 Å². The molecule has 0 saturated carbocycles. The predicted molar refractivity (Wildman–Crippen MR) is 221 cm³/mol. The zero-order chi connectivity index (χ0) is 33.2. The Morgan fingerprint density at radius 1 is 0.333 bits per heavy atom. The molecule has 2 heteroatoms. The third-order valence-electron chi connectivity index (χ3n) is 11.2. The van der Waals surface area contributed by atoms with Gasteiger partial charge in [-0.1, -0.05) is 127 Å². The lowest BCUT2D eigenvalue weighted by atomic mass is 9.89. The van der Waals surface area contributed by atoms with Crippen molar-refractivity contribution in [2.24, 2.45) is 0 Å². The standard InChI is InChI=1S/C49H27NS/c1-3-28-7-9-32-11-18-37(39-20-13-30(5-1)46(28)48(32)39)34-16-23-44-41(25-34)42-26-35(17-24-45(42)51-44)43-22-15-36(27-50-43)38-19-12-33-10-8-29-4-2-6-31-14-21-40(38)49(33)47(29)31/h1-27H. The predicted octanol–water partition coefficient (Wildman–Crippen LogP) is 14.2. The Labute approximate surface area is 297 Å². The zero-order valence-corrected chi connectivity index (χ0v) is 28.3. The molecular weight excluding hydrogens is 635 g/mol. The zero-order valence-electron chi connectivity index (χ0n) is 27.4. The van der Waals surface area contributed by atoms with Gasteiger partial charge < -0.3 is 0 Å². The van der Waals surface area contributed by atoms with E-state index in [1.807, 2.05) is 17.5 Å². The summed E-state index contributed by atoms with van der Waals surface area (Å²) >= 11 is 1.86. The number of fused-ring (bicyclic) bond motifs is 3. The average Bonchev–Trinajstić information content (AvgIpc) is 3.56. The lowest BCUT2D eigenvalue weighted by Gasteiger charge is -2.14. The lowest BCUT2D eigenvalue weighted by molar-refractivity contribution is 1.33. The molecule has 0 amide bonds. The van der Waals surface area contributed by atoms with Crippen LogP contribution in [0.15, 0.2) is 164 Å². The molecule has 12 rings (SSSR count). The van der Waals surface area contributed by atoms with E-state index in [0.29, 0.717) is 0 Å². The highest BCUT2D eigenvalue weighted by Gasteiger charge is 2.16. The number of hydrogen-bond donors (Lipinski definition) is 0. The van der Waals surface area contributed by atoms with E-state index in [-0.39, 0.29) is 0 Å². The lowest BCUT2D eigenvalue weighted by Crippen LogP contribution is -1.89. The first-order chi connectivity index (χ1) is 25.2. The molecule has 2 heterocycles. The molecule has 1 nitrogen and oxygen atoms in total. The Bertz CT molecular complexity index is 3320. The first-order valence-corrected chi connectivity index (χ1v) is 18.3. The second kappa shape index (κ2) is 10.1. The van der Waals surface area contributed by atoms with E-state index in [9.17, 15) is 0 Å². The van der Waals surface area contributed by atoms with Gasteiger partial charge >= 0.3 is 0 Å². The molecule has 10 aromatic carbocycles. The summed E-state index contributed by atoms with van der Waals surface area (Å²) in [4.78, 5) is 5.05. The molecule has 0 atom stereocenters. The molecule has 0 bridgehead atoms. The van der Waals surface area contributed by atoms with Crippen LogP contribution >= 0.6 is 11.3 Å². The SMILES string of the molecule is c1cc2ccc3ccc(-c4ccc(-c5ccc6sc7ccc(-c8ccc9ccc%10cccc%11ccc8c9c%10%11)cc7c6c5)nc4)c4ccc(c1)c2c34. The summed E-state index contributed by atoms with van der Waals surface area (Å²) in [5, 5.41) is 18.3. The number of rotatable bonds is 3. The van der Waals surface area contributed by atoms with Crippen molar-refractivity contribution in [1.82, 2.24) is 4.98 Å². The average molecular weight is 662 g/mol. The maximum atomic E-state index is 5.05. The van der Waals surface area contributed by atoms with Crippen molar-refractivity contribution >= 4 is 96.1 Å². The highest BCUT2D eigenvalue weighted by Crippen LogP contribution is 2.43. The monoisotopic (exact) mass is 661 g/mol. The maximum absolute atomic E-state index is 5.05. The van der Waals surface area contributed by atoms with Gasteiger partial charge in [-0.3, -0.25) is 4.98 Å². The molecule has 0 aliphatic heterocycles. The van der Waals surface area contributed by atoms with E-state index in [2.05, 4.69) is 158 Å². The molecule has 2 aromatic heterocycles. The van der Waals surface area contributed by atoms with Gasteiger partial charge in [-0.05, 0) is 112 Å². The van der Waals surface area contributed by atoms with Crippen LogP contribution in [0.3, 0.4) is 0 Å². The first-order valence-electron chi connectivity index (χ1n) is 17.5. The number of pyridine rings is 1. The number of aromatic nitrogens is 1. The second-order valence-corrected chi connectivity index (χ2v) is 15.0. The van der Waals surface area contributed by atoms with Gasteiger partial charge in [0.25, 0.3) is 0 Å². The van der Waals surface area contributed by atoms with E-state index in [1.54, 1.807) is 0 Å². The Kier molecular flexibility index (Phi) is 5.44. The Morgan fingerprint density at radius 3 is 1.33 bits per heavy atom. The van der Waals surface area contributed by atoms with E-state index in [1.165, 1.54) is 101 Å². The normalized spacial score (nSPS) is 12.3. The van der Waals surface area contributed by atoms with Crippen LogP contribution in [0.2, 0.25) is 0 Å². The molecule has 0 unspecified atom stereocenters. The van der Waals surface area contributed by atoms with Crippen molar-refractivity contribution in [1.29, 1.82) is 0 Å². The van der Waals surface area contributed by atoms with Crippen molar-refractivity contribution in [2.45, 2.75) is 0 Å².